The Morgan fingerprint density at radius 3 is 2.52 bits per heavy atom. The number of carbonyl (C=O) groups excluding carboxylic acids is 2. The van der Waals surface area contributed by atoms with Crippen molar-refractivity contribution in [1.29, 1.82) is 0 Å². The standard InChI is InChI=1S/C14H16F2N2O5/c1-13(2,3)23-11(21)8-5-14(15,16)12-17-6-7(10(20)22-4)9(19)18(8)12/h6,8H,5H2,1-4H3/t8-/m0/s1. The lowest BCUT2D eigenvalue weighted by molar-refractivity contribution is -0.160. The molecule has 1 aliphatic heterocycles. The van der Waals surface area contributed by atoms with Crippen molar-refractivity contribution < 1.29 is 27.8 Å². The number of nitrogens with zero attached hydrogens (tertiary/aromatic N) is 2. The molecule has 0 saturated carbocycles. The molecule has 0 amide bonds. The number of carbonyl (C=O) groups is 2. The van der Waals surface area contributed by atoms with Crippen molar-refractivity contribution in [2.75, 3.05) is 7.11 Å². The normalized spacial score (nSPS) is 19.1. The van der Waals surface area contributed by atoms with Crippen LogP contribution in [0.15, 0.2) is 11.0 Å². The zero-order chi connectivity index (χ0) is 17.6. The van der Waals surface area contributed by atoms with Crippen LogP contribution in [0.25, 0.3) is 0 Å². The summed E-state index contributed by atoms with van der Waals surface area (Å²) in [5.74, 6) is -6.35. The summed E-state index contributed by atoms with van der Waals surface area (Å²) in [7, 11) is 1.04. The van der Waals surface area contributed by atoms with E-state index in [-0.39, 0.29) is 0 Å². The molecule has 2 rings (SSSR count). The number of aromatic nitrogens is 2. The molecule has 126 valence electrons. The largest absolute Gasteiger partial charge is 0.465 e. The van der Waals surface area contributed by atoms with Crippen molar-refractivity contribution in [3.8, 4) is 0 Å². The molecular weight excluding hydrogens is 314 g/mol. The van der Waals surface area contributed by atoms with Crippen LogP contribution in [0.2, 0.25) is 0 Å². The number of halogens is 2. The highest BCUT2D eigenvalue weighted by Gasteiger charge is 2.51. The van der Waals surface area contributed by atoms with Crippen molar-refractivity contribution in [3.05, 3.63) is 27.9 Å². The van der Waals surface area contributed by atoms with Gasteiger partial charge in [0.05, 0.1) is 13.5 Å². The van der Waals surface area contributed by atoms with Crippen LogP contribution in [0, 0.1) is 0 Å². The molecule has 2 heterocycles. The minimum Gasteiger partial charge on any atom is -0.465 e. The van der Waals surface area contributed by atoms with Crippen molar-refractivity contribution in [2.24, 2.45) is 0 Å². The average molecular weight is 330 g/mol. The van der Waals surface area contributed by atoms with Crippen molar-refractivity contribution in [2.45, 2.75) is 44.8 Å². The molecule has 0 spiro atoms. The van der Waals surface area contributed by atoms with Gasteiger partial charge in [-0.2, -0.15) is 8.78 Å². The molecule has 1 aliphatic rings. The topological polar surface area (TPSA) is 87.5 Å². The van der Waals surface area contributed by atoms with Crippen LogP contribution >= 0.6 is 0 Å². The van der Waals surface area contributed by atoms with Crippen LogP contribution in [0.5, 0.6) is 0 Å². The molecule has 0 saturated heterocycles. The van der Waals surface area contributed by atoms with Gasteiger partial charge < -0.3 is 9.47 Å². The summed E-state index contributed by atoms with van der Waals surface area (Å²) in [6, 6.07) is -1.55. The number of alkyl halides is 2. The Labute approximate surface area is 130 Å². The quantitative estimate of drug-likeness (QED) is 0.762. The summed E-state index contributed by atoms with van der Waals surface area (Å²) in [6.07, 6.45) is -0.222. The number of methoxy groups -OCH3 is 1. The number of hydrogen-bond donors (Lipinski definition) is 0. The number of rotatable bonds is 2. The molecule has 1 atom stereocenters. The molecule has 23 heavy (non-hydrogen) atoms. The van der Waals surface area contributed by atoms with Gasteiger partial charge in [0.2, 0.25) is 0 Å². The molecule has 0 bridgehead atoms. The highest BCUT2D eigenvalue weighted by molar-refractivity contribution is 5.88. The Hall–Kier alpha value is -2.32. The molecule has 1 aromatic heterocycles. The summed E-state index contributed by atoms with van der Waals surface area (Å²) in [6.45, 7) is 4.72. The van der Waals surface area contributed by atoms with E-state index < -0.39 is 52.9 Å². The Morgan fingerprint density at radius 1 is 1.39 bits per heavy atom. The smallest absolute Gasteiger partial charge is 0.345 e. The van der Waals surface area contributed by atoms with Gasteiger partial charge in [-0.1, -0.05) is 0 Å². The third kappa shape index (κ3) is 3.08. The van der Waals surface area contributed by atoms with Crippen LogP contribution in [-0.4, -0.2) is 34.2 Å². The Balaban J connectivity index is 2.56. The lowest BCUT2D eigenvalue weighted by atomic mass is 10.1. The van der Waals surface area contributed by atoms with E-state index in [0.717, 1.165) is 13.3 Å². The third-order valence-corrected chi connectivity index (χ3v) is 3.17. The predicted octanol–water partition coefficient (Wildman–Crippen LogP) is 1.41. The van der Waals surface area contributed by atoms with E-state index in [2.05, 4.69) is 9.72 Å². The van der Waals surface area contributed by atoms with Crippen LogP contribution in [0.3, 0.4) is 0 Å². The van der Waals surface area contributed by atoms with Crippen LogP contribution < -0.4 is 5.56 Å². The maximum absolute atomic E-state index is 14.0. The molecule has 0 unspecified atom stereocenters. The average Bonchev–Trinajstić information content (AvgIpc) is 2.69. The molecule has 1 aromatic rings. The molecule has 0 aliphatic carbocycles. The molecule has 7 nitrogen and oxygen atoms in total. The lowest BCUT2D eigenvalue weighted by Gasteiger charge is -2.22. The highest BCUT2D eigenvalue weighted by atomic mass is 19.3. The summed E-state index contributed by atoms with van der Waals surface area (Å²) >= 11 is 0. The molecule has 0 N–H and O–H groups in total. The molecule has 0 aromatic carbocycles. The van der Waals surface area contributed by atoms with E-state index in [9.17, 15) is 23.2 Å². The molecule has 0 fully saturated rings. The Kier molecular flexibility index (Phi) is 4.00. The summed E-state index contributed by atoms with van der Waals surface area (Å²) in [5, 5.41) is 0. The van der Waals surface area contributed by atoms with Gasteiger partial charge in [-0.25, -0.2) is 14.6 Å². The monoisotopic (exact) mass is 330 g/mol. The van der Waals surface area contributed by atoms with Crippen LogP contribution in [0.4, 0.5) is 8.78 Å². The molecule has 0 radical (unpaired) electrons. The minimum atomic E-state index is -3.48. The van der Waals surface area contributed by atoms with Crippen molar-refractivity contribution in [3.63, 3.8) is 0 Å². The van der Waals surface area contributed by atoms with E-state index in [4.69, 9.17) is 4.74 Å². The second-order valence-corrected chi connectivity index (χ2v) is 6.12. The van der Waals surface area contributed by atoms with E-state index in [0.29, 0.717) is 4.57 Å². The van der Waals surface area contributed by atoms with Gasteiger partial charge in [0.1, 0.15) is 17.2 Å². The minimum absolute atomic E-state index is 0.514. The van der Waals surface area contributed by atoms with Gasteiger partial charge in [-0.3, -0.25) is 9.36 Å². The number of ether oxygens (including phenoxy) is 2. The zero-order valence-corrected chi connectivity index (χ0v) is 13.1. The van der Waals surface area contributed by atoms with Crippen LogP contribution in [-0.2, 0) is 20.2 Å². The number of esters is 2. The first-order chi connectivity index (χ1) is 10.5. The first kappa shape index (κ1) is 17.0. The van der Waals surface area contributed by atoms with Gasteiger partial charge in [-0.05, 0) is 20.8 Å². The Morgan fingerprint density at radius 2 is 2.00 bits per heavy atom. The number of fused-ring (bicyclic) bond motifs is 1. The maximum atomic E-state index is 14.0. The van der Waals surface area contributed by atoms with Gasteiger partial charge in [-0.15, -0.1) is 0 Å². The van der Waals surface area contributed by atoms with E-state index in [1.165, 1.54) is 0 Å². The molecular formula is C14H16F2N2O5. The van der Waals surface area contributed by atoms with Gasteiger partial charge in [0, 0.05) is 6.20 Å². The molecule has 9 heteroatoms. The summed E-state index contributed by atoms with van der Waals surface area (Å²) in [5.41, 5.74) is -2.50. The summed E-state index contributed by atoms with van der Waals surface area (Å²) in [4.78, 5) is 39.5. The first-order valence-corrected chi connectivity index (χ1v) is 6.79. The van der Waals surface area contributed by atoms with Gasteiger partial charge in [0.15, 0.2) is 5.82 Å². The highest BCUT2D eigenvalue weighted by Crippen LogP contribution is 2.42. The van der Waals surface area contributed by atoms with Gasteiger partial charge >= 0.3 is 17.9 Å². The van der Waals surface area contributed by atoms with E-state index >= 15 is 0 Å². The van der Waals surface area contributed by atoms with Gasteiger partial charge in [0.25, 0.3) is 5.56 Å². The van der Waals surface area contributed by atoms with E-state index in [1.807, 2.05) is 0 Å². The predicted molar refractivity (Wildman–Crippen MR) is 73.2 cm³/mol. The Bertz CT molecular complexity index is 721. The fraction of sp³-hybridized carbons (Fsp3) is 0.571. The SMILES string of the molecule is COC(=O)c1cnc2n(c1=O)[C@H](C(=O)OC(C)(C)C)CC2(F)F. The second kappa shape index (κ2) is 5.39. The fourth-order valence-corrected chi connectivity index (χ4v) is 2.26. The van der Waals surface area contributed by atoms with Crippen LogP contribution in [0.1, 0.15) is 49.4 Å². The fourth-order valence-electron chi connectivity index (χ4n) is 2.26. The second-order valence-electron chi connectivity index (χ2n) is 6.12. The van der Waals surface area contributed by atoms with E-state index in [1.54, 1.807) is 20.8 Å². The van der Waals surface area contributed by atoms with Crippen molar-refractivity contribution >= 4 is 11.9 Å². The first-order valence-electron chi connectivity index (χ1n) is 6.79. The number of hydrogen-bond acceptors (Lipinski definition) is 6. The third-order valence-electron chi connectivity index (χ3n) is 3.17. The van der Waals surface area contributed by atoms with Crippen molar-refractivity contribution in [1.82, 2.24) is 9.55 Å². The lowest BCUT2D eigenvalue weighted by Crippen LogP contribution is -2.36. The maximum Gasteiger partial charge on any atom is 0.345 e. The summed E-state index contributed by atoms with van der Waals surface area (Å²) < 4.78 is 38.1. The zero-order valence-electron chi connectivity index (χ0n) is 13.1.